The molecule has 0 unspecified atom stereocenters. The molecule has 2 atom stereocenters. The minimum atomic E-state index is -0.505. The van der Waals surface area contributed by atoms with Crippen molar-refractivity contribution in [2.45, 2.75) is 25.5 Å². The van der Waals surface area contributed by atoms with Crippen molar-refractivity contribution in [2.24, 2.45) is 0 Å². The average molecular weight is 256 g/mol. The molecule has 7 heteroatoms. The van der Waals surface area contributed by atoms with Crippen LogP contribution in [0, 0.1) is 0 Å². The van der Waals surface area contributed by atoms with E-state index >= 15 is 0 Å². The summed E-state index contributed by atoms with van der Waals surface area (Å²) in [5, 5.41) is 16.7. The van der Waals surface area contributed by atoms with Crippen LogP contribution < -0.4 is 5.32 Å². The molecule has 17 heavy (non-hydrogen) atoms. The van der Waals surface area contributed by atoms with E-state index in [1.807, 2.05) is 6.92 Å². The van der Waals surface area contributed by atoms with Crippen LogP contribution in [0.25, 0.3) is 0 Å². The molecule has 1 aliphatic heterocycles. The molecular weight excluding hydrogens is 240 g/mol. The van der Waals surface area contributed by atoms with E-state index in [-0.39, 0.29) is 11.9 Å². The number of carbonyl (C=O) groups excluding carboxylic acids is 1. The number of β-amino-alcohol motifs (C(OH)–C–C–N with tert-alkyl or cyclic N) is 1. The molecule has 0 radical (unpaired) electrons. The Morgan fingerprint density at radius 1 is 1.65 bits per heavy atom. The van der Waals surface area contributed by atoms with Gasteiger partial charge in [-0.15, -0.1) is 5.10 Å². The first-order valence-corrected chi connectivity index (χ1v) is 6.39. The number of aromatic nitrogens is 2. The molecule has 2 N–H and O–H groups in total. The first-order valence-electron chi connectivity index (χ1n) is 5.62. The highest BCUT2D eigenvalue weighted by Crippen LogP contribution is 2.17. The topological polar surface area (TPSA) is 78.4 Å². The maximum atomic E-state index is 12.2. The third-order valence-corrected chi connectivity index (χ3v) is 3.81. The number of amides is 1. The van der Waals surface area contributed by atoms with Crippen LogP contribution in [0.2, 0.25) is 0 Å². The van der Waals surface area contributed by atoms with Gasteiger partial charge in [0.05, 0.1) is 17.8 Å². The fourth-order valence-electron chi connectivity index (χ4n) is 1.96. The zero-order valence-corrected chi connectivity index (χ0v) is 10.7. The van der Waals surface area contributed by atoms with Crippen LogP contribution in [-0.2, 0) is 6.42 Å². The van der Waals surface area contributed by atoms with Crippen LogP contribution >= 0.6 is 11.5 Å². The van der Waals surface area contributed by atoms with Gasteiger partial charge in [0, 0.05) is 20.1 Å². The van der Waals surface area contributed by atoms with Crippen molar-refractivity contribution < 1.29 is 9.90 Å². The highest BCUT2D eigenvalue weighted by molar-refractivity contribution is 7.08. The molecule has 1 saturated heterocycles. The lowest BCUT2D eigenvalue weighted by atomic mass is 10.1. The Bertz CT molecular complexity index is 409. The summed E-state index contributed by atoms with van der Waals surface area (Å²) >= 11 is 1.12. The number of nitrogens with zero attached hydrogens (tertiary/aromatic N) is 3. The Morgan fingerprint density at radius 2 is 2.41 bits per heavy atom. The summed E-state index contributed by atoms with van der Waals surface area (Å²) in [4.78, 5) is 14.4. The minimum absolute atomic E-state index is 0.107. The number of hydrogen-bond donors (Lipinski definition) is 2. The molecule has 6 nitrogen and oxygen atoms in total. The molecular formula is C10H16N4O2S. The first-order chi connectivity index (χ1) is 8.15. The van der Waals surface area contributed by atoms with Crippen LogP contribution in [0.4, 0.5) is 0 Å². The van der Waals surface area contributed by atoms with E-state index in [9.17, 15) is 9.90 Å². The van der Waals surface area contributed by atoms with Crippen molar-refractivity contribution in [3.63, 3.8) is 0 Å². The Kier molecular flexibility index (Phi) is 3.70. The van der Waals surface area contributed by atoms with Gasteiger partial charge >= 0.3 is 0 Å². The molecule has 2 heterocycles. The smallest absolute Gasteiger partial charge is 0.267 e. The molecule has 1 aromatic heterocycles. The van der Waals surface area contributed by atoms with Crippen molar-refractivity contribution in [3.05, 3.63) is 10.6 Å². The Morgan fingerprint density at radius 3 is 3.00 bits per heavy atom. The number of aliphatic hydroxyl groups excluding tert-OH is 1. The summed E-state index contributed by atoms with van der Waals surface area (Å²) in [5.41, 5.74) is 0.729. The molecule has 94 valence electrons. The van der Waals surface area contributed by atoms with Crippen molar-refractivity contribution in [1.82, 2.24) is 19.8 Å². The molecule has 1 aromatic rings. The van der Waals surface area contributed by atoms with Crippen molar-refractivity contribution in [1.29, 1.82) is 0 Å². The molecule has 0 aliphatic carbocycles. The van der Waals surface area contributed by atoms with E-state index < -0.39 is 6.10 Å². The summed E-state index contributed by atoms with van der Waals surface area (Å²) in [5.74, 6) is -0.107. The number of rotatable bonds is 3. The zero-order chi connectivity index (χ0) is 12.4. The van der Waals surface area contributed by atoms with Crippen molar-refractivity contribution in [2.75, 3.05) is 20.1 Å². The monoisotopic (exact) mass is 256 g/mol. The maximum Gasteiger partial charge on any atom is 0.267 e. The molecule has 0 saturated carbocycles. The lowest BCUT2D eigenvalue weighted by Crippen LogP contribution is -2.44. The highest BCUT2D eigenvalue weighted by Gasteiger charge is 2.32. The summed E-state index contributed by atoms with van der Waals surface area (Å²) < 4.78 is 3.81. The lowest BCUT2D eigenvalue weighted by Gasteiger charge is -2.25. The first kappa shape index (κ1) is 12.4. The standard InChI is InChI=1S/C10H16N4O2S/c1-3-6-9(17-13-12-6)10(16)14(2)7-4-11-5-8(7)15/h7-8,11,15H,3-5H2,1-2H3/t7-,8-/m0/s1. The molecule has 0 spiro atoms. The second kappa shape index (κ2) is 5.07. The number of carbonyl (C=O) groups is 1. The van der Waals surface area contributed by atoms with Gasteiger partial charge in [-0.05, 0) is 18.0 Å². The number of nitrogens with one attached hydrogen (secondary N) is 1. The Labute approximate surface area is 104 Å². The fourth-order valence-corrected chi connectivity index (χ4v) is 2.69. The number of aryl methyl sites for hydroxylation is 1. The van der Waals surface area contributed by atoms with Gasteiger partial charge in [-0.3, -0.25) is 4.79 Å². The number of hydrogen-bond acceptors (Lipinski definition) is 6. The van der Waals surface area contributed by atoms with Crippen LogP contribution in [-0.4, -0.2) is 57.8 Å². The molecule has 1 fully saturated rings. The van der Waals surface area contributed by atoms with Gasteiger partial charge < -0.3 is 15.3 Å². The van der Waals surface area contributed by atoms with Gasteiger partial charge in [0.1, 0.15) is 4.88 Å². The van der Waals surface area contributed by atoms with Crippen LogP contribution in [0.15, 0.2) is 0 Å². The molecule has 1 amide bonds. The second-order valence-electron chi connectivity index (χ2n) is 4.11. The third kappa shape index (κ3) is 2.31. The summed E-state index contributed by atoms with van der Waals surface area (Å²) in [6.45, 7) is 3.10. The molecule has 0 aromatic carbocycles. The van der Waals surface area contributed by atoms with E-state index in [1.54, 1.807) is 11.9 Å². The molecule has 2 rings (SSSR count). The number of likely N-dealkylation sites (N-methyl/N-ethyl adjacent to an activating group) is 1. The van der Waals surface area contributed by atoms with Crippen LogP contribution in [0.1, 0.15) is 22.3 Å². The van der Waals surface area contributed by atoms with Gasteiger partial charge in [0.2, 0.25) is 0 Å². The van der Waals surface area contributed by atoms with Gasteiger partial charge in [0.25, 0.3) is 5.91 Å². The lowest BCUT2D eigenvalue weighted by molar-refractivity contribution is 0.0584. The predicted molar refractivity (Wildman–Crippen MR) is 64.0 cm³/mol. The van der Waals surface area contributed by atoms with Gasteiger partial charge in [-0.25, -0.2) is 0 Å². The Balaban J connectivity index is 2.14. The summed E-state index contributed by atoms with van der Waals surface area (Å²) in [7, 11) is 1.71. The van der Waals surface area contributed by atoms with Gasteiger partial charge in [-0.2, -0.15) is 0 Å². The van der Waals surface area contributed by atoms with E-state index in [0.29, 0.717) is 24.4 Å². The van der Waals surface area contributed by atoms with Gasteiger partial charge in [-0.1, -0.05) is 11.4 Å². The quantitative estimate of drug-likeness (QED) is 0.762. The third-order valence-electron chi connectivity index (χ3n) is 3.05. The minimum Gasteiger partial charge on any atom is -0.390 e. The Hall–Kier alpha value is -1.05. The fraction of sp³-hybridized carbons (Fsp3) is 0.700. The van der Waals surface area contributed by atoms with Crippen molar-refractivity contribution >= 4 is 17.4 Å². The highest BCUT2D eigenvalue weighted by atomic mass is 32.1. The summed E-state index contributed by atoms with van der Waals surface area (Å²) in [6, 6.07) is -0.172. The SMILES string of the molecule is CCc1nnsc1C(=O)N(C)[C@H]1CNC[C@@H]1O. The maximum absolute atomic E-state index is 12.2. The van der Waals surface area contributed by atoms with E-state index in [0.717, 1.165) is 17.2 Å². The van der Waals surface area contributed by atoms with E-state index in [2.05, 4.69) is 14.9 Å². The van der Waals surface area contributed by atoms with Crippen molar-refractivity contribution in [3.8, 4) is 0 Å². The van der Waals surface area contributed by atoms with Crippen LogP contribution in [0.3, 0.4) is 0 Å². The van der Waals surface area contributed by atoms with E-state index in [4.69, 9.17) is 0 Å². The zero-order valence-electron chi connectivity index (χ0n) is 9.88. The average Bonchev–Trinajstić information content (AvgIpc) is 2.95. The molecule has 0 bridgehead atoms. The molecule has 1 aliphatic rings. The van der Waals surface area contributed by atoms with E-state index in [1.165, 1.54) is 0 Å². The second-order valence-corrected chi connectivity index (χ2v) is 4.87. The number of aliphatic hydroxyl groups is 1. The largest absolute Gasteiger partial charge is 0.390 e. The van der Waals surface area contributed by atoms with Crippen LogP contribution in [0.5, 0.6) is 0 Å². The van der Waals surface area contributed by atoms with Gasteiger partial charge in [0.15, 0.2) is 0 Å². The predicted octanol–water partition coefficient (Wildman–Crippen LogP) is -0.495. The normalized spacial score (nSPS) is 23.9. The summed E-state index contributed by atoms with van der Waals surface area (Å²) in [6.07, 6.45) is 0.187.